The normalized spacial score (nSPS) is 47.9. The average Bonchev–Trinajstić information content (AvgIpc) is 2.87. The van der Waals surface area contributed by atoms with E-state index >= 15 is 0 Å². The monoisotopic (exact) mass is 477 g/mol. The van der Waals surface area contributed by atoms with E-state index in [4.69, 9.17) is 10.3 Å². The predicted octanol–water partition coefficient (Wildman–Crippen LogP) is 2.72. The van der Waals surface area contributed by atoms with Crippen molar-refractivity contribution in [3.05, 3.63) is 22.6 Å². The Balaban J connectivity index is 0.000000297. The van der Waals surface area contributed by atoms with Gasteiger partial charge in [-0.1, -0.05) is 39.4 Å². The van der Waals surface area contributed by atoms with Crippen LogP contribution in [0.1, 0.15) is 59.8 Å². The number of aliphatic hydroxyl groups excluding tert-OH is 3. The molecule has 34 heavy (non-hydrogen) atoms. The van der Waals surface area contributed by atoms with E-state index in [9.17, 15) is 25.2 Å². The van der Waals surface area contributed by atoms with Crippen LogP contribution in [-0.4, -0.2) is 63.5 Å². The number of aliphatic hydroxyl groups is 4. The van der Waals surface area contributed by atoms with E-state index < -0.39 is 58.5 Å². The van der Waals surface area contributed by atoms with Gasteiger partial charge in [0.2, 0.25) is 5.79 Å². The van der Waals surface area contributed by atoms with Crippen LogP contribution in [-0.2, 0) is 9.53 Å². The Morgan fingerprint density at radius 3 is 2.50 bits per heavy atom. The summed E-state index contributed by atoms with van der Waals surface area (Å²) in [6.07, 6.45) is 0.243. The van der Waals surface area contributed by atoms with Gasteiger partial charge in [-0.15, -0.1) is 0 Å². The zero-order valence-corrected chi connectivity index (χ0v) is 20.6. The summed E-state index contributed by atoms with van der Waals surface area (Å²) in [7, 11) is 0. The van der Waals surface area contributed by atoms with Crippen molar-refractivity contribution in [3.63, 3.8) is 0 Å². The van der Waals surface area contributed by atoms with E-state index in [1.54, 1.807) is 0 Å². The number of hydrogen-bond donors (Lipinski definition) is 4. The summed E-state index contributed by atoms with van der Waals surface area (Å²) in [5.41, 5.74) is 5.35. The summed E-state index contributed by atoms with van der Waals surface area (Å²) in [5.74, 6) is -3.16. The third kappa shape index (κ3) is 2.98. The summed E-state index contributed by atoms with van der Waals surface area (Å²) in [4.78, 5) is 16.0. The molecular formula is C25H39N3O6. The largest absolute Gasteiger partial charge is 0.392 e. The van der Waals surface area contributed by atoms with Gasteiger partial charge in [0.05, 0.1) is 18.8 Å². The van der Waals surface area contributed by atoms with E-state index in [1.165, 1.54) is 0 Å². The van der Waals surface area contributed by atoms with Crippen molar-refractivity contribution in [1.29, 1.82) is 0 Å². The summed E-state index contributed by atoms with van der Waals surface area (Å²) >= 11 is 0. The zero-order valence-electron chi connectivity index (χ0n) is 20.6. The van der Waals surface area contributed by atoms with Crippen LogP contribution in [0, 0.1) is 39.9 Å². The molecule has 6 fully saturated rings. The van der Waals surface area contributed by atoms with Gasteiger partial charge in [-0.3, -0.25) is 4.79 Å². The fourth-order valence-corrected chi connectivity index (χ4v) is 8.26. The molecule has 9 nitrogen and oxygen atoms in total. The Labute approximate surface area is 200 Å². The van der Waals surface area contributed by atoms with Gasteiger partial charge in [0.1, 0.15) is 11.5 Å². The molecule has 4 aliphatic carbocycles. The molecule has 4 bridgehead atoms. The fourth-order valence-electron chi connectivity index (χ4n) is 8.26. The molecule has 0 aromatic rings. The number of carbonyl (C=O) groups is 1. The fraction of sp³-hybridized carbons (Fsp3) is 0.880. The quantitative estimate of drug-likeness (QED) is 0.212. The van der Waals surface area contributed by atoms with Gasteiger partial charge in [0.25, 0.3) is 0 Å². The Kier molecular flexibility index (Phi) is 6.24. The SMILES string of the molecule is C=C1C(=O)C23C(CC[C@@H]1[C@H]2O)[C@@]12CO[C@@]3(O)[C@@H](O)[C@@H]1C(C)(C)CC[C@H]2O.CC(C)CCN=[N+]=[N-]. The lowest BCUT2D eigenvalue weighted by atomic mass is 9.35. The molecule has 4 N–H and O–H groups in total. The van der Waals surface area contributed by atoms with E-state index in [0.717, 1.165) is 12.8 Å². The molecule has 2 unspecified atom stereocenters. The molecule has 2 saturated heterocycles. The van der Waals surface area contributed by atoms with Crippen LogP contribution in [0.5, 0.6) is 0 Å². The molecule has 2 spiro atoms. The molecule has 0 amide bonds. The van der Waals surface area contributed by atoms with Crippen molar-refractivity contribution in [1.82, 2.24) is 0 Å². The number of carbonyl (C=O) groups excluding carboxylic acids is 1. The Bertz CT molecular complexity index is 916. The average molecular weight is 478 g/mol. The minimum Gasteiger partial charge on any atom is -0.392 e. The van der Waals surface area contributed by atoms with Gasteiger partial charge in [0.15, 0.2) is 5.78 Å². The first kappa shape index (κ1) is 25.6. The summed E-state index contributed by atoms with van der Waals surface area (Å²) in [6.45, 7) is 12.9. The number of rotatable bonds is 3. The van der Waals surface area contributed by atoms with Crippen molar-refractivity contribution >= 4 is 5.78 Å². The first-order valence-corrected chi connectivity index (χ1v) is 12.5. The third-order valence-corrected chi connectivity index (χ3v) is 9.75. The molecule has 2 aliphatic heterocycles. The van der Waals surface area contributed by atoms with E-state index in [1.807, 2.05) is 13.8 Å². The highest BCUT2D eigenvalue weighted by Gasteiger charge is 2.86. The molecule has 9 atom stereocenters. The molecule has 2 heterocycles. The third-order valence-electron chi connectivity index (χ3n) is 9.75. The van der Waals surface area contributed by atoms with Gasteiger partial charge < -0.3 is 25.2 Å². The van der Waals surface area contributed by atoms with Crippen LogP contribution in [0.2, 0.25) is 0 Å². The van der Waals surface area contributed by atoms with Crippen molar-refractivity contribution < 1.29 is 30.0 Å². The van der Waals surface area contributed by atoms with E-state index in [0.29, 0.717) is 37.3 Å². The number of nitrogens with zero attached hydrogens (tertiary/aromatic N) is 3. The van der Waals surface area contributed by atoms with Crippen LogP contribution in [0.4, 0.5) is 0 Å². The lowest BCUT2D eigenvalue weighted by Gasteiger charge is -2.74. The first-order valence-electron chi connectivity index (χ1n) is 12.5. The number of azide groups is 1. The van der Waals surface area contributed by atoms with Crippen molar-refractivity contribution in [2.75, 3.05) is 13.2 Å². The van der Waals surface area contributed by atoms with Crippen LogP contribution < -0.4 is 0 Å². The molecule has 0 radical (unpaired) electrons. The number of fused-ring (bicyclic) bond motifs is 2. The number of Topliss-reactive ketones (excluding diaryl/α,β-unsaturated/α-hetero) is 1. The maximum Gasteiger partial charge on any atom is 0.208 e. The molecule has 0 aromatic carbocycles. The van der Waals surface area contributed by atoms with Gasteiger partial charge >= 0.3 is 0 Å². The summed E-state index contributed by atoms with van der Waals surface area (Å²) in [6, 6.07) is 0. The number of ketones is 1. The van der Waals surface area contributed by atoms with Crippen LogP contribution in [0.25, 0.3) is 10.4 Å². The number of hydrogen-bond acceptors (Lipinski definition) is 7. The van der Waals surface area contributed by atoms with Gasteiger partial charge in [0, 0.05) is 28.7 Å². The first-order chi connectivity index (χ1) is 15.8. The van der Waals surface area contributed by atoms with Gasteiger partial charge in [-0.25, -0.2) is 0 Å². The second-order valence-electron chi connectivity index (χ2n) is 12.1. The molecule has 0 aromatic heterocycles. The van der Waals surface area contributed by atoms with E-state index in [-0.39, 0.29) is 12.0 Å². The van der Waals surface area contributed by atoms with Gasteiger partial charge in [-0.05, 0) is 60.5 Å². The zero-order chi connectivity index (χ0) is 25.3. The maximum absolute atomic E-state index is 13.3. The Hall–Kier alpha value is -1.48. The minimum absolute atomic E-state index is 0.0966. The van der Waals surface area contributed by atoms with Crippen molar-refractivity contribution in [3.8, 4) is 0 Å². The molecule has 4 saturated carbocycles. The lowest BCUT2D eigenvalue weighted by Crippen LogP contribution is -2.85. The highest BCUT2D eigenvalue weighted by atomic mass is 16.6. The molecule has 6 rings (SSSR count). The lowest BCUT2D eigenvalue weighted by molar-refractivity contribution is -0.458. The molecule has 6 aliphatic rings. The molecule has 190 valence electrons. The van der Waals surface area contributed by atoms with Crippen LogP contribution in [0.3, 0.4) is 0 Å². The number of ether oxygens (including phenoxy) is 1. The highest BCUT2D eigenvalue weighted by molar-refractivity contribution is 6.05. The Morgan fingerprint density at radius 2 is 1.88 bits per heavy atom. The second-order valence-corrected chi connectivity index (χ2v) is 12.1. The van der Waals surface area contributed by atoms with Gasteiger partial charge in [-0.2, -0.15) is 0 Å². The van der Waals surface area contributed by atoms with Crippen molar-refractivity contribution in [2.45, 2.75) is 83.9 Å². The smallest absolute Gasteiger partial charge is 0.208 e. The second kappa shape index (κ2) is 8.29. The minimum atomic E-state index is -2.15. The topological polar surface area (TPSA) is 156 Å². The highest BCUT2D eigenvalue weighted by Crippen LogP contribution is 2.76. The van der Waals surface area contributed by atoms with Crippen molar-refractivity contribution in [2.24, 2.45) is 45.0 Å². The maximum atomic E-state index is 13.3. The predicted molar refractivity (Wildman–Crippen MR) is 124 cm³/mol. The van der Waals surface area contributed by atoms with E-state index in [2.05, 4.69) is 30.5 Å². The molecular weight excluding hydrogens is 438 g/mol. The summed E-state index contributed by atoms with van der Waals surface area (Å²) < 4.78 is 5.80. The van der Waals surface area contributed by atoms with Crippen LogP contribution in [0.15, 0.2) is 17.3 Å². The Morgan fingerprint density at radius 1 is 1.21 bits per heavy atom. The van der Waals surface area contributed by atoms with Crippen LogP contribution >= 0.6 is 0 Å². The molecule has 9 heteroatoms. The standard InChI is InChI=1S/C20H28O6.C5H11N3/c1-9-10-4-5-11-18-8-26-20(25,19(11,14(9)22)15(10)23)16(24)13(18)17(2,3)7-6-12(18)21;1-5(2)3-4-7-8-6/h10-13,15-16,21,23-25H,1,4-8H2,2-3H3;5H,3-4H2,1-2H3/t10-,11?,12+,13+,15+,16-,18+,19?,20-;/m0./s1. The summed E-state index contributed by atoms with van der Waals surface area (Å²) in [5, 5.41) is 48.5.